The molecule has 0 saturated heterocycles. The van der Waals surface area contributed by atoms with Gasteiger partial charge in [0.15, 0.2) is 0 Å². The summed E-state index contributed by atoms with van der Waals surface area (Å²) in [5.41, 5.74) is 9.81. The van der Waals surface area contributed by atoms with Crippen LogP contribution in [0.25, 0.3) is 0 Å². The zero-order valence-electron chi connectivity index (χ0n) is 8.97. The van der Waals surface area contributed by atoms with E-state index in [1.54, 1.807) is 6.07 Å². The lowest BCUT2D eigenvalue weighted by Gasteiger charge is -2.33. The number of anilines is 2. The minimum absolute atomic E-state index is 0.418. The fraction of sp³-hybridized carbons (Fsp3) is 0.333. The van der Waals surface area contributed by atoms with Gasteiger partial charge in [0, 0.05) is 17.3 Å². The summed E-state index contributed by atoms with van der Waals surface area (Å²) >= 11 is 11.8. The summed E-state index contributed by atoms with van der Waals surface area (Å²) in [5, 5.41) is 0.689. The lowest BCUT2D eigenvalue weighted by molar-refractivity contribution is 0.747. The maximum absolute atomic E-state index is 6.01. The van der Waals surface area contributed by atoms with E-state index in [0.29, 0.717) is 16.6 Å². The second kappa shape index (κ2) is 4.56. The Hall–Kier alpha value is -0.860. The molecule has 1 aliphatic rings. The number of nitrogen functional groups attached to an aromatic ring is 1. The van der Waals surface area contributed by atoms with Gasteiger partial charge in [0.1, 0.15) is 0 Å². The van der Waals surface area contributed by atoms with E-state index in [0.717, 1.165) is 30.8 Å². The number of nitrogens with two attached hydrogens (primary N) is 1. The molecule has 1 heterocycles. The van der Waals surface area contributed by atoms with Crippen LogP contribution in [0.1, 0.15) is 12.0 Å². The van der Waals surface area contributed by atoms with Crippen LogP contribution >= 0.6 is 23.2 Å². The predicted octanol–water partition coefficient (Wildman–Crippen LogP) is 3.43. The van der Waals surface area contributed by atoms with E-state index in [1.165, 1.54) is 5.56 Å². The van der Waals surface area contributed by atoms with Crippen molar-refractivity contribution in [1.29, 1.82) is 0 Å². The van der Waals surface area contributed by atoms with Gasteiger partial charge in [-0.2, -0.15) is 0 Å². The van der Waals surface area contributed by atoms with Crippen LogP contribution in [0.5, 0.6) is 0 Å². The van der Waals surface area contributed by atoms with Gasteiger partial charge in [-0.25, -0.2) is 0 Å². The number of nitrogens with zero attached hydrogens (tertiary/aromatic N) is 1. The second-order valence-corrected chi connectivity index (χ2v) is 4.66. The lowest BCUT2D eigenvalue weighted by Crippen LogP contribution is -2.29. The van der Waals surface area contributed by atoms with Crippen molar-refractivity contribution < 1.29 is 0 Å². The van der Waals surface area contributed by atoms with Crippen molar-refractivity contribution >= 4 is 34.6 Å². The number of fused-ring (bicyclic) bond motifs is 1. The molecule has 2 rings (SSSR count). The Morgan fingerprint density at radius 3 is 2.94 bits per heavy atom. The molecule has 0 fully saturated rings. The van der Waals surface area contributed by atoms with Gasteiger partial charge >= 0.3 is 0 Å². The van der Waals surface area contributed by atoms with Crippen LogP contribution in [0.3, 0.4) is 0 Å². The van der Waals surface area contributed by atoms with Crippen LogP contribution in [-0.4, -0.2) is 12.4 Å². The van der Waals surface area contributed by atoms with Crippen molar-refractivity contribution in [1.82, 2.24) is 0 Å². The first kappa shape index (κ1) is 11.6. The molecule has 0 unspecified atom stereocenters. The van der Waals surface area contributed by atoms with E-state index < -0.39 is 0 Å². The molecular formula is C12H14Cl2N2. The Balaban J connectivity index is 2.49. The van der Waals surface area contributed by atoms with Gasteiger partial charge in [-0.1, -0.05) is 18.2 Å². The summed E-state index contributed by atoms with van der Waals surface area (Å²) in [5.74, 6) is 0.418. The number of aryl methyl sites for hydroxylation is 1. The van der Waals surface area contributed by atoms with Gasteiger partial charge in [0.25, 0.3) is 0 Å². The van der Waals surface area contributed by atoms with Gasteiger partial charge in [-0.05, 0) is 30.5 Å². The van der Waals surface area contributed by atoms with Crippen molar-refractivity contribution in [2.75, 3.05) is 23.1 Å². The van der Waals surface area contributed by atoms with Crippen LogP contribution in [0.2, 0.25) is 5.02 Å². The average Bonchev–Trinajstić information content (AvgIpc) is 2.26. The standard InChI is InChI=1S/C12H14Cl2N2/c1-8(7-13)16-4-2-3-9-5-10(14)6-11(15)12(9)16/h5-6H,1-4,7,15H2. The maximum atomic E-state index is 6.01. The summed E-state index contributed by atoms with van der Waals surface area (Å²) in [6.07, 6.45) is 2.08. The molecule has 1 aromatic rings. The molecule has 16 heavy (non-hydrogen) atoms. The molecule has 0 radical (unpaired) electrons. The van der Waals surface area contributed by atoms with Crippen molar-refractivity contribution in [2.45, 2.75) is 12.8 Å². The highest BCUT2D eigenvalue weighted by Crippen LogP contribution is 2.37. The molecule has 0 spiro atoms. The molecule has 86 valence electrons. The third-order valence-corrected chi connectivity index (χ3v) is 3.34. The van der Waals surface area contributed by atoms with Crippen LogP contribution in [-0.2, 0) is 6.42 Å². The Kier molecular flexibility index (Phi) is 3.31. The van der Waals surface area contributed by atoms with Crippen molar-refractivity contribution in [3.05, 3.63) is 35.0 Å². The van der Waals surface area contributed by atoms with Gasteiger partial charge < -0.3 is 10.6 Å². The average molecular weight is 257 g/mol. The molecule has 0 amide bonds. The van der Waals surface area contributed by atoms with Gasteiger partial charge in [0.2, 0.25) is 0 Å². The Morgan fingerprint density at radius 1 is 1.50 bits per heavy atom. The number of allylic oxidation sites excluding steroid dienone is 1. The summed E-state index contributed by atoms with van der Waals surface area (Å²) in [7, 11) is 0. The molecule has 0 saturated carbocycles. The zero-order valence-corrected chi connectivity index (χ0v) is 10.5. The highest BCUT2D eigenvalue weighted by molar-refractivity contribution is 6.31. The van der Waals surface area contributed by atoms with Crippen LogP contribution < -0.4 is 10.6 Å². The highest BCUT2D eigenvalue weighted by atomic mass is 35.5. The first-order valence-electron chi connectivity index (χ1n) is 5.22. The molecule has 2 N–H and O–H groups in total. The van der Waals surface area contributed by atoms with Gasteiger partial charge in [-0.3, -0.25) is 0 Å². The largest absolute Gasteiger partial charge is 0.397 e. The quantitative estimate of drug-likeness (QED) is 0.649. The summed E-state index contributed by atoms with van der Waals surface area (Å²) in [4.78, 5) is 2.09. The summed E-state index contributed by atoms with van der Waals surface area (Å²) in [6, 6.07) is 3.75. The molecule has 0 bridgehead atoms. The molecule has 4 heteroatoms. The van der Waals surface area contributed by atoms with E-state index in [1.807, 2.05) is 6.07 Å². The zero-order chi connectivity index (χ0) is 11.7. The number of halogens is 2. The Morgan fingerprint density at radius 2 is 2.25 bits per heavy atom. The van der Waals surface area contributed by atoms with Crippen molar-refractivity contribution in [3.8, 4) is 0 Å². The van der Waals surface area contributed by atoms with Crippen LogP contribution in [0, 0.1) is 0 Å². The van der Waals surface area contributed by atoms with Crippen molar-refractivity contribution in [3.63, 3.8) is 0 Å². The molecule has 0 atom stereocenters. The number of hydrogen-bond donors (Lipinski definition) is 1. The lowest BCUT2D eigenvalue weighted by atomic mass is 10.00. The first-order valence-corrected chi connectivity index (χ1v) is 6.14. The third-order valence-electron chi connectivity index (χ3n) is 2.82. The van der Waals surface area contributed by atoms with Gasteiger partial charge in [-0.15, -0.1) is 11.6 Å². The highest BCUT2D eigenvalue weighted by Gasteiger charge is 2.21. The minimum Gasteiger partial charge on any atom is -0.397 e. The minimum atomic E-state index is 0.418. The summed E-state index contributed by atoms with van der Waals surface area (Å²) in [6.45, 7) is 4.89. The van der Waals surface area contributed by atoms with E-state index in [2.05, 4.69) is 11.5 Å². The SMILES string of the molecule is C=C(CCl)N1CCCc2cc(Cl)cc(N)c21. The number of rotatable bonds is 2. The fourth-order valence-electron chi connectivity index (χ4n) is 2.13. The number of hydrogen-bond acceptors (Lipinski definition) is 2. The fourth-order valence-corrected chi connectivity index (χ4v) is 2.52. The van der Waals surface area contributed by atoms with E-state index in [9.17, 15) is 0 Å². The molecule has 0 aromatic heterocycles. The topological polar surface area (TPSA) is 29.3 Å². The normalized spacial score (nSPS) is 14.8. The molecule has 0 aliphatic carbocycles. The van der Waals surface area contributed by atoms with E-state index >= 15 is 0 Å². The van der Waals surface area contributed by atoms with Crippen LogP contribution in [0.15, 0.2) is 24.4 Å². The molecule has 1 aromatic carbocycles. The van der Waals surface area contributed by atoms with Crippen molar-refractivity contribution in [2.24, 2.45) is 0 Å². The Bertz CT molecular complexity index is 429. The summed E-state index contributed by atoms with van der Waals surface area (Å²) < 4.78 is 0. The van der Waals surface area contributed by atoms with Gasteiger partial charge in [0.05, 0.1) is 17.3 Å². The first-order chi connectivity index (χ1) is 7.63. The third kappa shape index (κ3) is 2.00. The monoisotopic (exact) mass is 256 g/mol. The molecule has 2 nitrogen and oxygen atoms in total. The maximum Gasteiger partial charge on any atom is 0.0675 e. The Labute approximate surface area is 106 Å². The van der Waals surface area contributed by atoms with E-state index in [4.69, 9.17) is 28.9 Å². The van der Waals surface area contributed by atoms with Crippen LogP contribution in [0.4, 0.5) is 11.4 Å². The molecule has 1 aliphatic heterocycles. The molecular weight excluding hydrogens is 243 g/mol. The number of benzene rings is 1. The second-order valence-electron chi connectivity index (χ2n) is 3.96. The van der Waals surface area contributed by atoms with E-state index in [-0.39, 0.29) is 0 Å². The smallest absolute Gasteiger partial charge is 0.0675 e. The number of alkyl halides is 1. The predicted molar refractivity (Wildman–Crippen MR) is 71.4 cm³/mol.